The van der Waals surface area contributed by atoms with Gasteiger partial charge in [-0.05, 0) is 30.7 Å². The van der Waals surface area contributed by atoms with Crippen LogP contribution in [0.3, 0.4) is 0 Å². The molecule has 0 saturated carbocycles. The number of hydrogen-bond acceptors (Lipinski definition) is 5. The van der Waals surface area contributed by atoms with Gasteiger partial charge in [0, 0.05) is 31.5 Å². The molecule has 0 fully saturated rings. The molecule has 0 aliphatic carbocycles. The van der Waals surface area contributed by atoms with Gasteiger partial charge in [-0.25, -0.2) is 14.7 Å². The van der Waals surface area contributed by atoms with Gasteiger partial charge in [-0.15, -0.1) is 0 Å². The maximum absolute atomic E-state index is 13.1. The van der Waals surface area contributed by atoms with Crippen LogP contribution in [0.5, 0.6) is 0 Å². The number of carbonyl (C=O) groups is 1. The smallest absolute Gasteiger partial charge is 0.233 e. The normalized spacial score (nSPS) is 13.6. The van der Waals surface area contributed by atoms with E-state index < -0.39 is 0 Å². The van der Waals surface area contributed by atoms with Crippen LogP contribution in [0.15, 0.2) is 78.0 Å². The van der Waals surface area contributed by atoms with Gasteiger partial charge in [0.1, 0.15) is 22.7 Å². The quantitative estimate of drug-likeness (QED) is 0.393. The molecule has 0 spiro atoms. The SMILES string of the molecule is Cc1nc2cnccc2n1-c1ccc(C2=Nc3c(-c4ccccc4)nn(C)c3N(C)C(=O)C2)cc1. The first-order chi connectivity index (χ1) is 17.0. The number of aryl methyl sites for hydroxylation is 2. The summed E-state index contributed by atoms with van der Waals surface area (Å²) in [5.74, 6) is 1.55. The molecular weight excluding hydrogens is 438 g/mol. The summed E-state index contributed by atoms with van der Waals surface area (Å²) in [6, 6.07) is 20.0. The van der Waals surface area contributed by atoms with Crippen molar-refractivity contribution in [1.29, 1.82) is 0 Å². The number of aliphatic imine (C=N–C) groups is 1. The fourth-order valence-corrected chi connectivity index (χ4v) is 4.68. The standard InChI is InChI=1S/C27H23N7O/c1-17-29-22-16-28-14-13-23(22)34(17)20-11-9-18(10-12-20)21-15-24(35)32(2)27-26(30-21)25(31-33(27)3)19-7-5-4-6-8-19/h4-14,16H,15H2,1-3H3. The Labute approximate surface area is 202 Å². The van der Waals surface area contributed by atoms with Crippen molar-refractivity contribution in [2.75, 3.05) is 11.9 Å². The van der Waals surface area contributed by atoms with Crippen LogP contribution in [-0.4, -0.2) is 43.0 Å². The molecule has 0 radical (unpaired) electrons. The molecule has 8 heteroatoms. The van der Waals surface area contributed by atoms with Crippen LogP contribution < -0.4 is 4.90 Å². The minimum atomic E-state index is -0.0295. The maximum atomic E-state index is 13.1. The van der Waals surface area contributed by atoms with E-state index in [9.17, 15) is 4.79 Å². The van der Waals surface area contributed by atoms with Gasteiger partial charge in [0.15, 0.2) is 5.82 Å². The predicted octanol–water partition coefficient (Wildman–Crippen LogP) is 4.62. The molecule has 2 aromatic carbocycles. The molecule has 1 aliphatic heterocycles. The Morgan fingerprint density at radius 3 is 2.46 bits per heavy atom. The van der Waals surface area contributed by atoms with Gasteiger partial charge in [-0.3, -0.25) is 19.2 Å². The number of amides is 1. The molecule has 0 saturated heterocycles. The lowest BCUT2D eigenvalue weighted by Gasteiger charge is -2.15. The molecule has 0 bridgehead atoms. The fraction of sp³-hybridized carbons (Fsp3) is 0.148. The molecule has 172 valence electrons. The first-order valence-corrected chi connectivity index (χ1v) is 11.4. The largest absolute Gasteiger partial charge is 0.298 e. The van der Waals surface area contributed by atoms with Crippen molar-refractivity contribution >= 4 is 34.2 Å². The zero-order valence-electron chi connectivity index (χ0n) is 19.7. The van der Waals surface area contributed by atoms with Crippen molar-refractivity contribution in [1.82, 2.24) is 24.3 Å². The van der Waals surface area contributed by atoms with E-state index in [1.165, 1.54) is 0 Å². The summed E-state index contributed by atoms with van der Waals surface area (Å²) < 4.78 is 3.83. The van der Waals surface area contributed by atoms with E-state index in [1.807, 2.05) is 74.6 Å². The summed E-state index contributed by atoms with van der Waals surface area (Å²) in [6.07, 6.45) is 3.75. The van der Waals surface area contributed by atoms with Gasteiger partial charge in [0.25, 0.3) is 0 Å². The Kier molecular flexibility index (Phi) is 4.81. The fourth-order valence-electron chi connectivity index (χ4n) is 4.68. The molecule has 1 amide bonds. The van der Waals surface area contributed by atoms with Crippen LogP contribution >= 0.6 is 0 Å². The number of aromatic nitrogens is 5. The maximum Gasteiger partial charge on any atom is 0.233 e. The van der Waals surface area contributed by atoms with Crippen molar-refractivity contribution in [2.24, 2.45) is 12.0 Å². The van der Waals surface area contributed by atoms with E-state index in [2.05, 4.69) is 14.5 Å². The second-order valence-corrected chi connectivity index (χ2v) is 8.60. The molecule has 8 nitrogen and oxygen atoms in total. The molecule has 0 N–H and O–H groups in total. The Morgan fingerprint density at radius 2 is 1.69 bits per heavy atom. The summed E-state index contributed by atoms with van der Waals surface area (Å²) in [7, 11) is 3.62. The van der Waals surface area contributed by atoms with Crippen LogP contribution in [0.1, 0.15) is 17.8 Å². The number of fused-ring (bicyclic) bond motifs is 2. The van der Waals surface area contributed by atoms with Crippen molar-refractivity contribution in [2.45, 2.75) is 13.3 Å². The molecule has 3 aromatic heterocycles. The number of imidazole rings is 1. The number of hydrogen-bond donors (Lipinski definition) is 0. The van der Waals surface area contributed by atoms with Crippen LogP contribution in [-0.2, 0) is 11.8 Å². The van der Waals surface area contributed by atoms with Crippen molar-refractivity contribution in [3.05, 3.63) is 84.4 Å². The Balaban J connectivity index is 1.46. The highest BCUT2D eigenvalue weighted by molar-refractivity contribution is 6.18. The molecule has 1 aliphatic rings. The highest BCUT2D eigenvalue weighted by atomic mass is 16.2. The molecule has 0 atom stereocenters. The van der Waals surface area contributed by atoms with E-state index in [4.69, 9.17) is 10.1 Å². The molecule has 5 aromatic rings. The highest BCUT2D eigenvalue weighted by Crippen LogP contribution is 2.40. The van der Waals surface area contributed by atoms with Crippen molar-refractivity contribution in [3.8, 4) is 16.9 Å². The average Bonchev–Trinajstić information content (AvgIpc) is 3.34. The number of rotatable bonds is 3. The predicted molar refractivity (Wildman–Crippen MR) is 136 cm³/mol. The van der Waals surface area contributed by atoms with E-state index in [-0.39, 0.29) is 12.3 Å². The summed E-state index contributed by atoms with van der Waals surface area (Å²) in [5.41, 5.74) is 6.88. The van der Waals surface area contributed by atoms with Gasteiger partial charge in [0.05, 0.1) is 23.8 Å². The second-order valence-electron chi connectivity index (χ2n) is 8.60. The minimum Gasteiger partial charge on any atom is -0.298 e. The number of carbonyl (C=O) groups excluding carboxylic acids is 1. The van der Waals surface area contributed by atoms with Crippen molar-refractivity contribution in [3.63, 3.8) is 0 Å². The third-order valence-corrected chi connectivity index (χ3v) is 6.38. The Bertz CT molecular complexity index is 1610. The monoisotopic (exact) mass is 461 g/mol. The molecule has 4 heterocycles. The summed E-state index contributed by atoms with van der Waals surface area (Å²) in [4.78, 5) is 28.5. The number of pyridine rings is 1. The van der Waals surface area contributed by atoms with Gasteiger partial charge in [-0.2, -0.15) is 5.10 Å². The topological polar surface area (TPSA) is 81.2 Å². The zero-order valence-corrected chi connectivity index (χ0v) is 19.7. The van der Waals surface area contributed by atoms with Crippen LogP contribution in [0.2, 0.25) is 0 Å². The molecule has 0 unspecified atom stereocenters. The number of nitrogens with zero attached hydrogens (tertiary/aromatic N) is 7. The summed E-state index contributed by atoms with van der Waals surface area (Å²) >= 11 is 0. The molecule has 6 rings (SSSR count). The van der Waals surface area contributed by atoms with Gasteiger partial charge in [-0.1, -0.05) is 42.5 Å². The first kappa shape index (κ1) is 21.0. The lowest BCUT2D eigenvalue weighted by molar-refractivity contribution is -0.117. The average molecular weight is 462 g/mol. The third-order valence-electron chi connectivity index (χ3n) is 6.38. The van der Waals surface area contributed by atoms with E-state index in [0.717, 1.165) is 39.4 Å². The molecule has 35 heavy (non-hydrogen) atoms. The minimum absolute atomic E-state index is 0.0295. The van der Waals surface area contributed by atoms with Crippen LogP contribution in [0.25, 0.3) is 28.0 Å². The lowest BCUT2D eigenvalue weighted by atomic mass is 10.1. The summed E-state index contributed by atoms with van der Waals surface area (Å²) in [5, 5.41) is 4.70. The zero-order chi connectivity index (χ0) is 24.1. The van der Waals surface area contributed by atoms with E-state index >= 15 is 0 Å². The number of anilines is 1. The first-order valence-electron chi connectivity index (χ1n) is 11.4. The van der Waals surface area contributed by atoms with E-state index in [0.29, 0.717) is 17.2 Å². The highest BCUT2D eigenvalue weighted by Gasteiger charge is 2.28. The lowest BCUT2D eigenvalue weighted by Crippen LogP contribution is -2.28. The second kappa shape index (κ2) is 8.02. The number of benzene rings is 2. The van der Waals surface area contributed by atoms with Crippen molar-refractivity contribution < 1.29 is 4.79 Å². The van der Waals surface area contributed by atoms with Crippen LogP contribution in [0, 0.1) is 6.92 Å². The third kappa shape index (κ3) is 3.42. The van der Waals surface area contributed by atoms with E-state index in [1.54, 1.807) is 29.0 Å². The van der Waals surface area contributed by atoms with Gasteiger partial charge >= 0.3 is 0 Å². The van der Waals surface area contributed by atoms with Gasteiger partial charge < -0.3 is 0 Å². The van der Waals surface area contributed by atoms with Gasteiger partial charge in [0.2, 0.25) is 5.91 Å². The summed E-state index contributed by atoms with van der Waals surface area (Å²) in [6.45, 7) is 1.98. The molecular formula is C27H23N7O. The Hall–Kier alpha value is -4.59. The van der Waals surface area contributed by atoms with Crippen LogP contribution in [0.4, 0.5) is 11.5 Å². The Morgan fingerprint density at radius 1 is 0.914 bits per heavy atom.